The fourth-order valence-corrected chi connectivity index (χ4v) is 4.30. The van der Waals surface area contributed by atoms with Gasteiger partial charge < -0.3 is 15.2 Å². The van der Waals surface area contributed by atoms with Gasteiger partial charge in [0.2, 0.25) is 5.88 Å². The Bertz CT molecular complexity index is 1040. The first kappa shape index (κ1) is 18.9. The molecule has 2 bridgehead atoms. The van der Waals surface area contributed by atoms with Crippen LogP contribution in [0.1, 0.15) is 31.5 Å². The fourth-order valence-electron chi connectivity index (χ4n) is 4.30. The van der Waals surface area contributed by atoms with E-state index in [0.29, 0.717) is 41.1 Å². The second-order valence-corrected chi connectivity index (χ2v) is 7.93. The van der Waals surface area contributed by atoms with Crippen molar-refractivity contribution in [2.45, 2.75) is 57.0 Å². The van der Waals surface area contributed by atoms with Crippen LogP contribution in [0.2, 0.25) is 0 Å². The standard InChI is InChI=1S/C21H23FN6O2/c1-12-23-11-28(27-12)14-5-6-15(18(29)10-14)16-7-8-20(26-25-16)30-19-9-13-3-2-4-17(24-13)21(19)22/h5-8,10-11,13,17,19,21,24,29H,2-4,9H2,1H3/t13-,17+,19-,21+/m0/s1. The third kappa shape index (κ3) is 3.60. The topological polar surface area (TPSA) is 98.0 Å². The van der Waals surface area contributed by atoms with Crippen molar-refractivity contribution in [3.05, 3.63) is 42.5 Å². The van der Waals surface area contributed by atoms with Gasteiger partial charge in [0.1, 0.15) is 24.0 Å². The third-order valence-electron chi connectivity index (χ3n) is 5.81. The van der Waals surface area contributed by atoms with Crippen LogP contribution in [0.3, 0.4) is 0 Å². The number of aromatic hydroxyl groups is 1. The van der Waals surface area contributed by atoms with Crippen molar-refractivity contribution in [2.75, 3.05) is 0 Å². The minimum Gasteiger partial charge on any atom is -0.507 e. The number of aromatic nitrogens is 5. The summed E-state index contributed by atoms with van der Waals surface area (Å²) in [4.78, 5) is 4.09. The summed E-state index contributed by atoms with van der Waals surface area (Å²) >= 11 is 0. The van der Waals surface area contributed by atoms with Crippen LogP contribution in [-0.2, 0) is 0 Å². The molecule has 2 aromatic heterocycles. The molecule has 5 rings (SSSR count). The summed E-state index contributed by atoms with van der Waals surface area (Å²) in [6, 6.07) is 8.70. The average molecular weight is 410 g/mol. The van der Waals surface area contributed by atoms with E-state index in [1.54, 1.807) is 42.2 Å². The summed E-state index contributed by atoms with van der Waals surface area (Å²) in [5.74, 6) is 0.993. The molecule has 2 fully saturated rings. The third-order valence-corrected chi connectivity index (χ3v) is 5.81. The van der Waals surface area contributed by atoms with E-state index in [-0.39, 0.29) is 11.8 Å². The Morgan fingerprint density at radius 1 is 1.20 bits per heavy atom. The predicted octanol–water partition coefficient (Wildman–Crippen LogP) is 2.74. The van der Waals surface area contributed by atoms with Crippen molar-refractivity contribution in [1.29, 1.82) is 0 Å². The number of alkyl halides is 1. The van der Waals surface area contributed by atoms with Crippen LogP contribution in [0.25, 0.3) is 16.9 Å². The Labute approximate surface area is 173 Å². The molecule has 156 valence electrons. The summed E-state index contributed by atoms with van der Waals surface area (Å²) in [6.45, 7) is 1.80. The highest BCUT2D eigenvalue weighted by Gasteiger charge is 2.41. The zero-order valence-corrected chi connectivity index (χ0v) is 16.6. The van der Waals surface area contributed by atoms with Gasteiger partial charge in [-0.15, -0.1) is 10.2 Å². The smallest absolute Gasteiger partial charge is 0.233 e. The van der Waals surface area contributed by atoms with Crippen LogP contribution >= 0.6 is 0 Å². The molecule has 30 heavy (non-hydrogen) atoms. The van der Waals surface area contributed by atoms with Crippen LogP contribution in [-0.4, -0.2) is 54.4 Å². The number of hydrogen-bond donors (Lipinski definition) is 2. The zero-order valence-electron chi connectivity index (χ0n) is 16.6. The second kappa shape index (κ2) is 7.64. The largest absolute Gasteiger partial charge is 0.507 e. The van der Waals surface area contributed by atoms with E-state index in [9.17, 15) is 9.50 Å². The quantitative estimate of drug-likeness (QED) is 0.682. The molecule has 2 saturated heterocycles. The molecular formula is C21H23FN6O2. The van der Waals surface area contributed by atoms with Crippen molar-refractivity contribution >= 4 is 0 Å². The summed E-state index contributed by atoms with van der Waals surface area (Å²) < 4.78 is 22.1. The predicted molar refractivity (Wildman–Crippen MR) is 107 cm³/mol. The maximum Gasteiger partial charge on any atom is 0.233 e. The van der Waals surface area contributed by atoms with E-state index in [2.05, 4.69) is 25.6 Å². The first-order chi connectivity index (χ1) is 14.6. The first-order valence-corrected chi connectivity index (χ1v) is 10.2. The number of phenols is 1. The van der Waals surface area contributed by atoms with Gasteiger partial charge in [-0.3, -0.25) is 0 Å². The lowest BCUT2D eigenvalue weighted by molar-refractivity contribution is 0.00652. The molecule has 2 aliphatic rings. The highest BCUT2D eigenvalue weighted by molar-refractivity contribution is 5.68. The van der Waals surface area contributed by atoms with Gasteiger partial charge in [0, 0.05) is 36.2 Å². The molecule has 0 saturated carbocycles. The number of nitrogens with zero attached hydrogens (tertiary/aromatic N) is 5. The Morgan fingerprint density at radius 3 is 2.83 bits per heavy atom. The molecule has 0 spiro atoms. The van der Waals surface area contributed by atoms with Gasteiger partial charge in [0.05, 0.1) is 11.4 Å². The SMILES string of the molecule is Cc1ncn(-c2ccc(-c3ccc(O[C@H]4C[C@@H]5CCC[C@@H](N5)[C@H]4F)nn3)c(O)c2)n1. The molecule has 4 atom stereocenters. The lowest BCUT2D eigenvalue weighted by Crippen LogP contribution is -2.59. The number of fused-ring (bicyclic) bond motifs is 2. The molecule has 4 heterocycles. The fraction of sp³-hybridized carbons (Fsp3) is 0.429. The van der Waals surface area contributed by atoms with Crippen molar-refractivity contribution in [1.82, 2.24) is 30.3 Å². The molecule has 8 nitrogen and oxygen atoms in total. The van der Waals surface area contributed by atoms with Crippen LogP contribution < -0.4 is 10.1 Å². The van der Waals surface area contributed by atoms with Gasteiger partial charge in [-0.05, 0) is 38.0 Å². The molecule has 0 amide bonds. The highest BCUT2D eigenvalue weighted by atomic mass is 19.1. The van der Waals surface area contributed by atoms with E-state index in [0.717, 1.165) is 19.3 Å². The molecule has 2 aliphatic heterocycles. The van der Waals surface area contributed by atoms with Gasteiger partial charge in [-0.1, -0.05) is 6.42 Å². The van der Waals surface area contributed by atoms with Crippen LogP contribution in [0.15, 0.2) is 36.7 Å². The first-order valence-electron chi connectivity index (χ1n) is 10.2. The number of nitrogens with one attached hydrogen (secondary N) is 1. The highest BCUT2D eigenvalue weighted by Crippen LogP contribution is 2.32. The van der Waals surface area contributed by atoms with Crippen LogP contribution in [0.5, 0.6) is 11.6 Å². The van der Waals surface area contributed by atoms with Gasteiger partial charge in [0.15, 0.2) is 6.17 Å². The number of benzene rings is 1. The van der Waals surface area contributed by atoms with E-state index in [1.165, 1.54) is 0 Å². The van der Waals surface area contributed by atoms with Crippen LogP contribution in [0.4, 0.5) is 4.39 Å². The summed E-state index contributed by atoms with van der Waals surface area (Å²) in [5, 5.41) is 26.3. The molecule has 0 unspecified atom stereocenters. The maximum absolute atomic E-state index is 14.7. The molecule has 1 aromatic carbocycles. The lowest BCUT2D eigenvalue weighted by atomic mass is 9.84. The van der Waals surface area contributed by atoms with E-state index in [1.807, 2.05) is 6.07 Å². The number of aryl methyl sites for hydroxylation is 1. The van der Waals surface area contributed by atoms with Gasteiger partial charge in [0.25, 0.3) is 0 Å². The molecular weight excluding hydrogens is 387 g/mol. The lowest BCUT2D eigenvalue weighted by Gasteiger charge is -2.42. The summed E-state index contributed by atoms with van der Waals surface area (Å²) in [5.41, 5.74) is 1.73. The summed E-state index contributed by atoms with van der Waals surface area (Å²) in [6.07, 6.45) is 3.60. The van der Waals surface area contributed by atoms with Gasteiger partial charge >= 0.3 is 0 Å². The van der Waals surface area contributed by atoms with Crippen LogP contribution in [0, 0.1) is 6.92 Å². The van der Waals surface area contributed by atoms with Crippen molar-refractivity contribution in [3.8, 4) is 28.6 Å². The zero-order chi connectivity index (χ0) is 20.7. The monoisotopic (exact) mass is 410 g/mol. The van der Waals surface area contributed by atoms with E-state index >= 15 is 0 Å². The Balaban J connectivity index is 1.31. The molecule has 2 N–H and O–H groups in total. The Morgan fingerprint density at radius 2 is 2.10 bits per heavy atom. The number of hydrogen-bond acceptors (Lipinski definition) is 7. The Hall–Kier alpha value is -3.07. The normalized spacial score (nSPS) is 25.8. The molecule has 0 radical (unpaired) electrons. The second-order valence-electron chi connectivity index (χ2n) is 7.93. The van der Waals surface area contributed by atoms with Crippen molar-refractivity contribution < 1.29 is 14.2 Å². The summed E-state index contributed by atoms with van der Waals surface area (Å²) in [7, 11) is 0. The average Bonchev–Trinajstić information content (AvgIpc) is 3.19. The van der Waals surface area contributed by atoms with Crippen molar-refractivity contribution in [2.24, 2.45) is 0 Å². The Kier molecular flexibility index (Phi) is 4.82. The number of phenolic OH excluding ortho intramolecular Hbond substituents is 1. The molecule has 9 heteroatoms. The number of halogens is 1. The number of rotatable bonds is 4. The minimum absolute atomic E-state index is 0.0543. The van der Waals surface area contributed by atoms with Gasteiger partial charge in [-0.25, -0.2) is 14.1 Å². The molecule has 3 aromatic rings. The molecule has 0 aliphatic carbocycles. The maximum atomic E-state index is 14.7. The van der Waals surface area contributed by atoms with Gasteiger partial charge in [-0.2, -0.15) is 5.10 Å². The number of piperidine rings is 2. The van der Waals surface area contributed by atoms with Crippen molar-refractivity contribution in [3.63, 3.8) is 0 Å². The number of ether oxygens (including phenoxy) is 1. The van der Waals surface area contributed by atoms with E-state index < -0.39 is 12.3 Å². The van der Waals surface area contributed by atoms with E-state index in [4.69, 9.17) is 4.74 Å². The minimum atomic E-state index is -1.06.